The number of rotatable bonds is 6. The average molecular weight is 301 g/mol. The van der Waals surface area contributed by atoms with Crippen molar-refractivity contribution in [3.63, 3.8) is 0 Å². The molecule has 0 bridgehead atoms. The van der Waals surface area contributed by atoms with Crippen molar-refractivity contribution >= 4 is 11.7 Å². The Balaban J connectivity index is 2.99. The third-order valence-corrected chi connectivity index (χ3v) is 3.80. The number of ether oxygens (including phenoxy) is 1. The first-order chi connectivity index (χ1) is 10.6. The Bertz CT molecular complexity index is 563. The van der Waals surface area contributed by atoms with Gasteiger partial charge < -0.3 is 9.57 Å². The van der Waals surface area contributed by atoms with Crippen LogP contribution in [0, 0.1) is 17.3 Å². The Morgan fingerprint density at radius 2 is 1.86 bits per heavy atom. The summed E-state index contributed by atoms with van der Waals surface area (Å²) in [6.45, 7) is 6.05. The number of carbonyl (C=O) groups excluding carboxylic acids is 1. The van der Waals surface area contributed by atoms with E-state index in [2.05, 4.69) is 42.5 Å². The normalized spacial score (nSPS) is 11.4. The molecule has 0 saturated heterocycles. The quantitative estimate of drug-likeness (QED) is 0.350. The predicted molar refractivity (Wildman–Crippen MR) is 87.4 cm³/mol. The van der Waals surface area contributed by atoms with Crippen molar-refractivity contribution in [1.29, 1.82) is 0 Å². The van der Waals surface area contributed by atoms with Crippen LogP contribution < -0.4 is 0 Å². The molecule has 118 valence electrons. The standard InChI is InChI=1S/C18H23NO3/c1-5-18(3,6-2)16(19-22-14-17(20)21-4)13-12-15-10-8-7-9-11-15/h7-11H,5-6,14H2,1-4H3/b19-16+. The van der Waals surface area contributed by atoms with Crippen LogP contribution in [0.4, 0.5) is 0 Å². The molecule has 4 heteroatoms. The third-order valence-electron chi connectivity index (χ3n) is 3.80. The van der Waals surface area contributed by atoms with E-state index < -0.39 is 5.97 Å². The minimum absolute atomic E-state index is 0.183. The molecular weight excluding hydrogens is 278 g/mol. The van der Waals surface area contributed by atoms with Crippen molar-refractivity contribution in [2.45, 2.75) is 33.6 Å². The second-order valence-corrected chi connectivity index (χ2v) is 5.17. The SMILES string of the molecule is CCC(C)(CC)/C(C#Cc1ccccc1)=N/OCC(=O)OC. The fourth-order valence-corrected chi connectivity index (χ4v) is 1.73. The number of esters is 1. The monoisotopic (exact) mass is 301 g/mol. The van der Waals surface area contributed by atoms with Crippen LogP contribution in [0.15, 0.2) is 35.5 Å². The van der Waals surface area contributed by atoms with Crippen molar-refractivity contribution in [3.05, 3.63) is 35.9 Å². The van der Waals surface area contributed by atoms with Crippen LogP contribution in [0.2, 0.25) is 0 Å². The topological polar surface area (TPSA) is 47.9 Å². The van der Waals surface area contributed by atoms with Gasteiger partial charge in [0.05, 0.1) is 7.11 Å². The molecule has 0 radical (unpaired) electrons. The van der Waals surface area contributed by atoms with E-state index in [9.17, 15) is 4.79 Å². The number of hydrogen-bond donors (Lipinski definition) is 0. The molecule has 0 saturated carbocycles. The summed E-state index contributed by atoms with van der Waals surface area (Å²) >= 11 is 0. The zero-order valence-corrected chi connectivity index (χ0v) is 13.7. The van der Waals surface area contributed by atoms with Gasteiger partial charge in [-0.1, -0.05) is 50.0 Å². The maximum absolute atomic E-state index is 11.1. The molecule has 0 fully saturated rings. The lowest BCUT2D eigenvalue weighted by molar-refractivity contribution is -0.145. The molecule has 0 amide bonds. The maximum atomic E-state index is 11.1. The van der Waals surface area contributed by atoms with Crippen molar-refractivity contribution in [2.24, 2.45) is 10.6 Å². The van der Waals surface area contributed by atoms with E-state index in [1.165, 1.54) is 7.11 Å². The second kappa shape index (κ2) is 8.89. The molecule has 0 heterocycles. The van der Waals surface area contributed by atoms with Gasteiger partial charge in [-0.25, -0.2) is 4.79 Å². The van der Waals surface area contributed by atoms with Crippen molar-refractivity contribution in [2.75, 3.05) is 13.7 Å². The molecule has 1 rings (SSSR count). The number of oxime groups is 1. The zero-order chi connectivity index (χ0) is 16.4. The van der Waals surface area contributed by atoms with Gasteiger partial charge in [0, 0.05) is 11.0 Å². The lowest BCUT2D eigenvalue weighted by Gasteiger charge is -2.24. The molecule has 1 aromatic carbocycles. The van der Waals surface area contributed by atoms with Crippen molar-refractivity contribution in [3.8, 4) is 11.8 Å². The lowest BCUT2D eigenvalue weighted by atomic mass is 9.80. The van der Waals surface area contributed by atoms with Gasteiger partial charge >= 0.3 is 5.97 Å². The van der Waals surface area contributed by atoms with Gasteiger partial charge in [0.25, 0.3) is 0 Å². The highest BCUT2D eigenvalue weighted by atomic mass is 16.6. The highest BCUT2D eigenvalue weighted by Crippen LogP contribution is 2.27. The summed E-state index contributed by atoms with van der Waals surface area (Å²) in [5.41, 5.74) is 1.38. The summed E-state index contributed by atoms with van der Waals surface area (Å²) in [6, 6.07) is 9.70. The number of carbonyl (C=O) groups is 1. The highest BCUT2D eigenvalue weighted by molar-refractivity contribution is 6.04. The minimum atomic E-state index is -0.464. The van der Waals surface area contributed by atoms with Gasteiger partial charge in [-0.05, 0) is 30.9 Å². The maximum Gasteiger partial charge on any atom is 0.346 e. The molecule has 0 N–H and O–H groups in total. The molecule has 0 aromatic heterocycles. The number of benzene rings is 1. The molecular formula is C18H23NO3. The van der Waals surface area contributed by atoms with Gasteiger partial charge in [0.15, 0.2) is 0 Å². The van der Waals surface area contributed by atoms with Crippen molar-refractivity contribution in [1.82, 2.24) is 0 Å². The van der Waals surface area contributed by atoms with Gasteiger partial charge in [-0.2, -0.15) is 0 Å². The fourth-order valence-electron chi connectivity index (χ4n) is 1.73. The first kappa shape index (κ1) is 17.8. The van der Waals surface area contributed by atoms with E-state index in [1.54, 1.807) is 0 Å². The lowest BCUT2D eigenvalue weighted by Crippen LogP contribution is -2.26. The van der Waals surface area contributed by atoms with E-state index in [1.807, 2.05) is 30.3 Å². The smallest absolute Gasteiger partial charge is 0.346 e. The van der Waals surface area contributed by atoms with Crippen LogP contribution in [0.1, 0.15) is 39.2 Å². The van der Waals surface area contributed by atoms with Crippen LogP contribution in [-0.2, 0) is 14.4 Å². The summed E-state index contributed by atoms with van der Waals surface area (Å²) < 4.78 is 4.53. The molecule has 22 heavy (non-hydrogen) atoms. The largest absolute Gasteiger partial charge is 0.466 e. The van der Waals surface area contributed by atoms with E-state index in [4.69, 9.17) is 4.84 Å². The molecule has 0 aliphatic carbocycles. The first-order valence-electron chi connectivity index (χ1n) is 7.40. The number of hydrogen-bond acceptors (Lipinski definition) is 4. The fraction of sp³-hybridized carbons (Fsp3) is 0.444. The van der Waals surface area contributed by atoms with E-state index in [0.717, 1.165) is 18.4 Å². The van der Waals surface area contributed by atoms with Gasteiger partial charge in [-0.15, -0.1) is 0 Å². The summed E-state index contributed by atoms with van der Waals surface area (Å²) in [5.74, 6) is 5.72. The third kappa shape index (κ3) is 5.25. The van der Waals surface area contributed by atoms with Crippen molar-refractivity contribution < 1.29 is 14.4 Å². The second-order valence-electron chi connectivity index (χ2n) is 5.17. The Kier molecular flexibility index (Phi) is 7.18. The molecule has 0 aliphatic heterocycles. The van der Waals surface area contributed by atoms with Crippen LogP contribution in [0.5, 0.6) is 0 Å². The van der Waals surface area contributed by atoms with E-state index in [0.29, 0.717) is 5.71 Å². The summed E-state index contributed by atoms with van der Waals surface area (Å²) in [4.78, 5) is 16.2. The van der Waals surface area contributed by atoms with Gasteiger partial charge in [0.2, 0.25) is 6.61 Å². The average Bonchev–Trinajstić information content (AvgIpc) is 2.57. The zero-order valence-electron chi connectivity index (χ0n) is 13.7. The highest BCUT2D eigenvalue weighted by Gasteiger charge is 2.26. The minimum Gasteiger partial charge on any atom is -0.466 e. The predicted octanol–water partition coefficient (Wildman–Crippen LogP) is 3.41. The van der Waals surface area contributed by atoms with Crippen LogP contribution >= 0.6 is 0 Å². The summed E-state index contributed by atoms with van der Waals surface area (Å²) in [6.07, 6.45) is 1.76. The molecule has 0 aliphatic rings. The molecule has 0 spiro atoms. The van der Waals surface area contributed by atoms with Crippen LogP contribution in [0.3, 0.4) is 0 Å². The van der Waals surface area contributed by atoms with Crippen LogP contribution in [0.25, 0.3) is 0 Å². The van der Waals surface area contributed by atoms with Gasteiger partial charge in [0.1, 0.15) is 5.71 Å². The van der Waals surface area contributed by atoms with Crippen LogP contribution in [-0.4, -0.2) is 25.4 Å². The molecule has 0 unspecified atom stereocenters. The molecule has 1 aromatic rings. The summed E-state index contributed by atoms with van der Waals surface area (Å²) in [7, 11) is 1.31. The number of methoxy groups -OCH3 is 1. The van der Waals surface area contributed by atoms with E-state index >= 15 is 0 Å². The Morgan fingerprint density at radius 3 is 2.41 bits per heavy atom. The number of nitrogens with zero attached hydrogens (tertiary/aromatic N) is 1. The summed E-state index contributed by atoms with van der Waals surface area (Å²) in [5, 5.41) is 4.08. The molecule has 4 nitrogen and oxygen atoms in total. The molecule has 0 atom stereocenters. The Morgan fingerprint density at radius 1 is 1.23 bits per heavy atom. The van der Waals surface area contributed by atoms with Gasteiger partial charge in [-0.3, -0.25) is 0 Å². The first-order valence-corrected chi connectivity index (χ1v) is 7.40. The Hall–Kier alpha value is -2.28. The van der Waals surface area contributed by atoms with E-state index in [-0.39, 0.29) is 12.0 Å². The Labute approximate surface area is 132 Å².